The molecular weight excluding hydrogens is 305 g/mol. The highest BCUT2D eigenvalue weighted by Crippen LogP contribution is 2.19. The lowest BCUT2D eigenvalue weighted by Gasteiger charge is -2.39. The third-order valence-electron chi connectivity index (χ3n) is 5.34. The molecular formula is C18H24FN5. The average molecular weight is 329 g/mol. The van der Waals surface area contributed by atoms with Crippen LogP contribution in [0.5, 0.6) is 0 Å². The summed E-state index contributed by atoms with van der Waals surface area (Å²) in [6, 6.07) is 2.05. The quantitative estimate of drug-likeness (QED) is 0.825. The first-order chi connectivity index (χ1) is 11.7. The summed E-state index contributed by atoms with van der Waals surface area (Å²) in [5.74, 6) is 0.357. The van der Waals surface area contributed by atoms with E-state index in [1.807, 2.05) is 18.5 Å². The first kappa shape index (κ1) is 15.7. The fraction of sp³-hybridized carbons (Fsp3) is 0.556. The van der Waals surface area contributed by atoms with Crippen LogP contribution in [0.25, 0.3) is 17.0 Å². The van der Waals surface area contributed by atoms with Gasteiger partial charge in [-0.25, -0.2) is 9.38 Å². The summed E-state index contributed by atoms with van der Waals surface area (Å²) in [6.07, 6.45) is 6.27. The lowest BCUT2D eigenvalue weighted by Crippen LogP contribution is -2.53. The van der Waals surface area contributed by atoms with E-state index in [1.54, 1.807) is 0 Å². The van der Waals surface area contributed by atoms with E-state index in [1.165, 1.54) is 16.1 Å². The summed E-state index contributed by atoms with van der Waals surface area (Å²) in [6.45, 7) is 6.28. The van der Waals surface area contributed by atoms with Gasteiger partial charge in [0.1, 0.15) is 18.3 Å². The molecule has 1 saturated heterocycles. The van der Waals surface area contributed by atoms with Gasteiger partial charge in [0.2, 0.25) is 0 Å². The van der Waals surface area contributed by atoms with Gasteiger partial charge in [-0.2, -0.15) is 0 Å². The predicted octanol–water partition coefficient (Wildman–Crippen LogP) is 0.536. The van der Waals surface area contributed by atoms with Crippen molar-refractivity contribution in [1.82, 2.24) is 19.4 Å². The highest BCUT2D eigenvalue weighted by Gasteiger charge is 2.28. The van der Waals surface area contributed by atoms with Gasteiger partial charge in [0, 0.05) is 68.7 Å². The lowest BCUT2D eigenvalue weighted by atomic mass is 10.0. The number of fused-ring (bicyclic) bond motifs is 3. The van der Waals surface area contributed by atoms with Crippen molar-refractivity contribution in [3.05, 3.63) is 29.2 Å². The van der Waals surface area contributed by atoms with Crippen molar-refractivity contribution >= 4 is 17.0 Å². The van der Waals surface area contributed by atoms with Gasteiger partial charge in [-0.3, -0.25) is 14.8 Å². The Morgan fingerprint density at radius 2 is 2.04 bits per heavy atom. The van der Waals surface area contributed by atoms with E-state index in [0.717, 1.165) is 31.7 Å². The average Bonchev–Trinajstić information content (AvgIpc) is 2.88. The summed E-state index contributed by atoms with van der Waals surface area (Å²) in [5.41, 5.74) is 2.22. The van der Waals surface area contributed by atoms with Crippen molar-refractivity contribution in [3.63, 3.8) is 0 Å². The highest BCUT2D eigenvalue weighted by atomic mass is 19.1. The first-order valence-electron chi connectivity index (χ1n) is 8.69. The molecule has 0 spiro atoms. The number of hydrogen-bond donors (Lipinski definition) is 0. The number of pyridine rings is 1. The Labute approximate surface area is 141 Å². The van der Waals surface area contributed by atoms with Crippen LogP contribution in [0.2, 0.25) is 0 Å². The summed E-state index contributed by atoms with van der Waals surface area (Å²) < 4.78 is 14.7. The molecule has 0 bridgehead atoms. The van der Waals surface area contributed by atoms with Crippen molar-refractivity contribution < 1.29 is 4.39 Å². The maximum absolute atomic E-state index is 12.5. The Morgan fingerprint density at radius 3 is 2.79 bits per heavy atom. The molecule has 2 aliphatic heterocycles. The van der Waals surface area contributed by atoms with Crippen LogP contribution in [0.15, 0.2) is 23.5 Å². The van der Waals surface area contributed by atoms with Gasteiger partial charge in [0.15, 0.2) is 0 Å². The topological polar surface area (TPSA) is 36.7 Å². The molecule has 1 fully saturated rings. The van der Waals surface area contributed by atoms with Crippen LogP contribution in [-0.4, -0.2) is 64.9 Å². The number of hydrogen-bond acceptors (Lipinski definition) is 4. The van der Waals surface area contributed by atoms with Crippen molar-refractivity contribution in [2.75, 3.05) is 39.4 Å². The van der Waals surface area contributed by atoms with E-state index in [4.69, 9.17) is 4.99 Å². The van der Waals surface area contributed by atoms with Crippen molar-refractivity contribution in [2.45, 2.75) is 13.1 Å². The number of rotatable bonds is 3. The molecule has 0 saturated carbocycles. The minimum atomic E-state index is -0.259. The Balaban J connectivity index is 1.67. The fourth-order valence-corrected chi connectivity index (χ4v) is 4.00. The van der Waals surface area contributed by atoms with E-state index < -0.39 is 0 Å². The number of aromatic nitrogens is 2. The minimum absolute atomic E-state index is 0.168. The smallest absolute Gasteiger partial charge is 0.137 e. The molecule has 0 aliphatic carbocycles. The van der Waals surface area contributed by atoms with Gasteiger partial charge in [-0.1, -0.05) is 13.0 Å². The van der Waals surface area contributed by atoms with Gasteiger partial charge in [-0.05, 0) is 6.07 Å². The molecule has 24 heavy (non-hydrogen) atoms. The maximum atomic E-state index is 12.5. The monoisotopic (exact) mass is 329 g/mol. The van der Waals surface area contributed by atoms with Crippen LogP contribution in [0.3, 0.4) is 0 Å². The summed E-state index contributed by atoms with van der Waals surface area (Å²) in [7, 11) is 2.07. The second-order valence-electron chi connectivity index (χ2n) is 6.82. The molecule has 1 unspecified atom stereocenters. The number of nitrogens with zero attached hydrogens (tertiary/aromatic N) is 5. The molecule has 0 amide bonds. The van der Waals surface area contributed by atoms with E-state index in [9.17, 15) is 4.39 Å². The molecule has 2 atom stereocenters. The van der Waals surface area contributed by atoms with Crippen LogP contribution in [0.1, 0.15) is 6.92 Å². The van der Waals surface area contributed by atoms with Gasteiger partial charge in [0.25, 0.3) is 0 Å². The largest absolute Gasteiger partial charge is 0.329 e. The van der Waals surface area contributed by atoms with Crippen LogP contribution in [0, 0.1) is 5.92 Å². The molecule has 0 N–H and O–H groups in total. The Morgan fingerprint density at radius 1 is 1.25 bits per heavy atom. The van der Waals surface area contributed by atoms with Crippen LogP contribution in [0.4, 0.5) is 4.39 Å². The number of piperazine rings is 1. The third kappa shape index (κ3) is 2.54. The van der Waals surface area contributed by atoms with E-state index >= 15 is 0 Å². The molecule has 2 aromatic rings. The molecule has 2 aliphatic rings. The molecule has 4 heterocycles. The Kier molecular flexibility index (Phi) is 4.10. The zero-order valence-corrected chi connectivity index (χ0v) is 14.3. The molecule has 5 nitrogen and oxygen atoms in total. The Hall–Kier alpha value is -1.79. The summed E-state index contributed by atoms with van der Waals surface area (Å²) >= 11 is 0. The molecule has 4 rings (SSSR count). The second kappa shape index (κ2) is 6.26. The maximum Gasteiger partial charge on any atom is 0.137 e. The Bertz CT molecular complexity index is 850. The third-order valence-corrected chi connectivity index (χ3v) is 5.34. The molecule has 128 valence electrons. The summed E-state index contributed by atoms with van der Waals surface area (Å²) in [5, 5.41) is 2.39. The van der Waals surface area contributed by atoms with E-state index in [0.29, 0.717) is 12.5 Å². The number of aryl methyl sites for hydroxylation is 1. The van der Waals surface area contributed by atoms with Crippen molar-refractivity contribution in [1.29, 1.82) is 0 Å². The molecule has 0 aromatic carbocycles. The van der Waals surface area contributed by atoms with Crippen LogP contribution >= 0.6 is 0 Å². The molecule has 2 aromatic heterocycles. The van der Waals surface area contributed by atoms with Crippen LogP contribution in [-0.2, 0) is 7.05 Å². The van der Waals surface area contributed by atoms with Gasteiger partial charge < -0.3 is 4.57 Å². The zero-order chi connectivity index (χ0) is 16.7. The number of alkyl halides is 1. The zero-order valence-electron chi connectivity index (χ0n) is 14.3. The summed E-state index contributed by atoms with van der Waals surface area (Å²) in [4.78, 5) is 14.0. The van der Waals surface area contributed by atoms with Gasteiger partial charge >= 0.3 is 0 Å². The first-order valence-corrected chi connectivity index (χ1v) is 8.69. The molecule has 6 heteroatoms. The lowest BCUT2D eigenvalue weighted by molar-refractivity contribution is 0.0810. The van der Waals surface area contributed by atoms with Crippen LogP contribution < -0.4 is 10.7 Å². The number of halogens is 1. The van der Waals surface area contributed by atoms with Gasteiger partial charge in [-0.15, -0.1) is 0 Å². The van der Waals surface area contributed by atoms with Gasteiger partial charge in [0.05, 0.1) is 5.52 Å². The van der Waals surface area contributed by atoms with E-state index in [-0.39, 0.29) is 12.8 Å². The van der Waals surface area contributed by atoms with Crippen molar-refractivity contribution in [2.24, 2.45) is 18.0 Å². The normalized spacial score (nSPS) is 25.3. The standard InChI is InChI=1S/C18H24FN5/c1-13-11-14-15-12-20-5-3-16(15)22(2)18(14)21-17(13)24-9-7-23(6-4-19)8-10-24/h3,5,11-13,17H,4,6-10H2,1-2H3/t13-,17?/m0/s1. The fourth-order valence-electron chi connectivity index (χ4n) is 4.00. The highest BCUT2D eigenvalue weighted by molar-refractivity contribution is 5.80. The SMILES string of the molecule is C[C@H]1C=c2c(n(C)c3ccncc23)=NC1N1CCN(CCF)CC1. The second-order valence-corrected chi connectivity index (χ2v) is 6.82. The minimum Gasteiger partial charge on any atom is -0.329 e. The predicted molar refractivity (Wildman–Crippen MR) is 92.9 cm³/mol. The molecule has 0 radical (unpaired) electrons. The van der Waals surface area contributed by atoms with Crippen molar-refractivity contribution in [3.8, 4) is 0 Å². The van der Waals surface area contributed by atoms with E-state index in [2.05, 4.69) is 39.4 Å².